The summed E-state index contributed by atoms with van der Waals surface area (Å²) < 4.78 is 13.2. The molecule has 6 heteroatoms. The summed E-state index contributed by atoms with van der Waals surface area (Å²) in [4.78, 5) is 27.3. The van der Waals surface area contributed by atoms with Crippen LogP contribution in [0.5, 0.6) is 0 Å². The molecular formula is C11H7FN2O3. The number of rotatable bonds is 2. The maximum Gasteiger partial charge on any atom is 0.344 e. The number of aromatic amines is 1. The van der Waals surface area contributed by atoms with Gasteiger partial charge < -0.3 is 10.1 Å². The van der Waals surface area contributed by atoms with Gasteiger partial charge in [0, 0.05) is 18.0 Å². The van der Waals surface area contributed by atoms with Gasteiger partial charge in [0.25, 0.3) is 0 Å². The van der Waals surface area contributed by atoms with E-state index in [9.17, 15) is 14.0 Å². The molecular weight excluding hydrogens is 227 g/mol. The molecule has 17 heavy (non-hydrogen) atoms. The minimum Gasteiger partial charge on any atom is -0.478 e. The molecule has 0 amide bonds. The van der Waals surface area contributed by atoms with Crippen molar-refractivity contribution in [3.8, 4) is 11.1 Å². The van der Waals surface area contributed by atoms with Crippen molar-refractivity contribution in [2.75, 3.05) is 0 Å². The Morgan fingerprint density at radius 1 is 1.29 bits per heavy atom. The highest BCUT2D eigenvalue weighted by Crippen LogP contribution is 2.20. The first-order valence-corrected chi connectivity index (χ1v) is 4.65. The minimum absolute atomic E-state index is 0.161. The van der Waals surface area contributed by atoms with Gasteiger partial charge in [0.15, 0.2) is 0 Å². The second kappa shape index (κ2) is 4.17. The number of carboxylic acid groups (broad SMARTS) is 1. The van der Waals surface area contributed by atoms with Crippen LogP contribution in [0, 0.1) is 5.82 Å². The summed E-state index contributed by atoms with van der Waals surface area (Å²) in [7, 11) is 0. The van der Waals surface area contributed by atoms with Gasteiger partial charge in [-0.3, -0.25) is 0 Å². The number of nitrogens with zero attached hydrogens (tertiary/aromatic N) is 1. The summed E-state index contributed by atoms with van der Waals surface area (Å²) in [6.07, 6.45) is 2.59. The van der Waals surface area contributed by atoms with E-state index in [1.54, 1.807) is 0 Å². The van der Waals surface area contributed by atoms with Crippen LogP contribution >= 0.6 is 0 Å². The smallest absolute Gasteiger partial charge is 0.344 e. The highest BCUT2D eigenvalue weighted by molar-refractivity contribution is 5.89. The van der Waals surface area contributed by atoms with Gasteiger partial charge in [-0.05, 0) is 23.8 Å². The third-order valence-corrected chi connectivity index (χ3v) is 2.15. The molecule has 0 unspecified atom stereocenters. The molecule has 0 aliphatic rings. The Morgan fingerprint density at radius 2 is 2.06 bits per heavy atom. The summed E-state index contributed by atoms with van der Waals surface area (Å²) in [5.41, 5.74) is 0.0903. The molecule has 0 saturated carbocycles. The van der Waals surface area contributed by atoms with Gasteiger partial charge in [0.05, 0.1) is 5.56 Å². The van der Waals surface area contributed by atoms with Crippen molar-refractivity contribution in [3.63, 3.8) is 0 Å². The highest BCUT2D eigenvalue weighted by Gasteiger charge is 2.08. The van der Waals surface area contributed by atoms with Crippen molar-refractivity contribution in [2.45, 2.75) is 0 Å². The molecule has 0 radical (unpaired) electrons. The van der Waals surface area contributed by atoms with Crippen LogP contribution in [-0.4, -0.2) is 21.0 Å². The number of aromatic nitrogens is 2. The number of carboxylic acids is 1. The maximum atomic E-state index is 13.2. The molecule has 0 fully saturated rings. The SMILES string of the molecule is O=C(O)c1cc(F)cc(-c2cnc(=O)[nH]c2)c1. The molecule has 0 bridgehead atoms. The summed E-state index contributed by atoms with van der Waals surface area (Å²) in [6, 6.07) is 3.40. The van der Waals surface area contributed by atoms with Crippen LogP contribution in [0.15, 0.2) is 35.4 Å². The van der Waals surface area contributed by atoms with Crippen molar-refractivity contribution in [2.24, 2.45) is 0 Å². The lowest BCUT2D eigenvalue weighted by Gasteiger charge is -2.02. The Kier molecular flexibility index (Phi) is 2.70. The lowest BCUT2D eigenvalue weighted by Crippen LogP contribution is -2.08. The summed E-state index contributed by atoms with van der Waals surface area (Å²) in [5, 5.41) is 8.78. The average Bonchev–Trinajstić information content (AvgIpc) is 2.29. The number of halogens is 1. The molecule has 0 saturated heterocycles. The Labute approximate surface area is 94.6 Å². The van der Waals surface area contributed by atoms with Crippen molar-refractivity contribution in [1.29, 1.82) is 0 Å². The second-order valence-corrected chi connectivity index (χ2v) is 3.34. The van der Waals surface area contributed by atoms with E-state index in [2.05, 4.69) is 9.97 Å². The van der Waals surface area contributed by atoms with Gasteiger partial charge >= 0.3 is 11.7 Å². The fraction of sp³-hybridized carbons (Fsp3) is 0. The first-order chi connectivity index (χ1) is 8.06. The molecule has 2 rings (SSSR count). The van der Waals surface area contributed by atoms with Crippen molar-refractivity contribution < 1.29 is 14.3 Å². The molecule has 1 aromatic heterocycles. The van der Waals surface area contributed by atoms with Gasteiger partial charge in [-0.15, -0.1) is 0 Å². The molecule has 2 aromatic rings. The van der Waals surface area contributed by atoms with Crippen LogP contribution in [0.4, 0.5) is 4.39 Å². The molecule has 2 N–H and O–H groups in total. The standard InChI is InChI=1S/C11H7FN2O3/c12-9-2-6(1-7(3-9)10(15)16)8-4-13-11(17)14-5-8/h1-5H,(H,15,16)(H,13,14,17). The third kappa shape index (κ3) is 2.36. The van der Waals surface area contributed by atoms with Crippen molar-refractivity contribution in [3.05, 3.63) is 52.5 Å². The molecule has 0 aliphatic carbocycles. The van der Waals surface area contributed by atoms with Gasteiger partial charge in [-0.1, -0.05) is 0 Å². The Balaban J connectivity index is 2.55. The van der Waals surface area contributed by atoms with Gasteiger partial charge in [-0.2, -0.15) is 0 Å². The lowest BCUT2D eigenvalue weighted by atomic mass is 10.1. The highest BCUT2D eigenvalue weighted by atomic mass is 19.1. The van der Waals surface area contributed by atoms with E-state index in [0.717, 1.165) is 6.07 Å². The monoisotopic (exact) mass is 234 g/mol. The largest absolute Gasteiger partial charge is 0.478 e. The van der Waals surface area contributed by atoms with E-state index in [4.69, 9.17) is 5.11 Å². The summed E-state index contributed by atoms with van der Waals surface area (Å²) in [6.45, 7) is 0. The van der Waals surface area contributed by atoms with E-state index in [1.807, 2.05) is 0 Å². The van der Waals surface area contributed by atoms with Crippen LogP contribution in [0.25, 0.3) is 11.1 Å². The van der Waals surface area contributed by atoms with E-state index < -0.39 is 17.5 Å². The van der Waals surface area contributed by atoms with E-state index >= 15 is 0 Å². The van der Waals surface area contributed by atoms with E-state index in [0.29, 0.717) is 11.1 Å². The zero-order chi connectivity index (χ0) is 12.4. The molecule has 86 valence electrons. The fourth-order valence-corrected chi connectivity index (χ4v) is 1.38. The number of carbonyl (C=O) groups is 1. The van der Waals surface area contributed by atoms with Crippen LogP contribution in [0.2, 0.25) is 0 Å². The fourth-order valence-electron chi connectivity index (χ4n) is 1.38. The second-order valence-electron chi connectivity index (χ2n) is 3.34. The Bertz CT molecular complexity index is 616. The van der Waals surface area contributed by atoms with Crippen LogP contribution in [-0.2, 0) is 0 Å². The quantitative estimate of drug-likeness (QED) is 0.819. The first kappa shape index (κ1) is 11.0. The van der Waals surface area contributed by atoms with Gasteiger partial charge in [-0.25, -0.2) is 19.0 Å². The predicted molar refractivity (Wildman–Crippen MR) is 57.2 cm³/mol. The minimum atomic E-state index is -1.22. The first-order valence-electron chi connectivity index (χ1n) is 4.65. The molecule has 0 atom stereocenters. The number of nitrogens with one attached hydrogen (secondary N) is 1. The number of benzene rings is 1. The van der Waals surface area contributed by atoms with Gasteiger partial charge in [0.1, 0.15) is 5.82 Å². The van der Waals surface area contributed by atoms with Crippen LogP contribution in [0.3, 0.4) is 0 Å². The lowest BCUT2D eigenvalue weighted by molar-refractivity contribution is 0.0696. The number of hydrogen-bond donors (Lipinski definition) is 2. The molecule has 0 spiro atoms. The predicted octanol–water partition coefficient (Wildman–Crippen LogP) is 1.27. The third-order valence-electron chi connectivity index (χ3n) is 2.15. The zero-order valence-corrected chi connectivity index (χ0v) is 8.48. The van der Waals surface area contributed by atoms with E-state index in [-0.39, 0.29) is 5.56 Å². The maximum absolute atomic E-state index is 13.2. The number of aromatic carboxylic acids is 1. The van der Waals surface area contributed by atoms with Crippen molar-refractivity contribution >= 4 is 5.97 Å². The van der Waals surface area contributed by atoms with E-state index in [1.165, 1.54) is 24.5 Å². The average molecular weight is 234 g/mol. The van der Waals surface area contributed by atoms with Crippen LogP contribution in [0.1, 0.15) is 10.4 Å². The molecule has 1 heterocycles. The number of H-pyrrole nitrogens is 1. The molecule has 1 aromatic carbocycles. The van der Waals surface area contributed by atoms with Crippen molar-refractivity contribution in [1.82, 2.24) is 9.97 Å². The summed E-state index contributed by atoms with van der Waals surface area (Å²) in [5.74, 6) is -1.88. The van der Waals surface area contributed by atoms with Gasteiger partial charge in [0.2, 0.25) is 0 Å². The Morgan fingerprint density at radius 3 is 2.65 bits per heavy atom. The topological polar surface area (TPSA) is 83.0 Å². The Hall–Kier alpha value is -2.50. The number of hydrogen-bond acceptors (Lipinski definition) is 3. The zero-order valence-electron chi connectivity index (χ0n) is 8.48. The molecule has 0 aliphatic heterocycles. The molecule has 5 nitrogen and oxygen atoms in total. The van der Waals surface area contributed by atoms with Crippen LogP contribution < -0.4 is 5.69 Å². The summed E-state index contributed by atoms with van der Waals surface area (Å²) >= 11 is 0. The normalized spacial score (nSPS) is 10.2.